The maximum absolute atomic E-state index is 5.96. The summed E-state index contributed by atoms with van der Waals surface area (Å²) in [4.78, 5) is 0. The molecule has 0 fully saturated rings. The number of rotatable bonds is 14. The Bertz CT molecular complexity index is 1180. The van der Waals surface area contributed by atoms with Crippen LogP contribution in [-0.4, -0.2) is 0 Å². The molecule has 0 heterocycles. The first-order chi connectivity index (χ1) is 17.5. The van der Waals surface area contributed by atoms with E-state index >= 15 is 0 Å². The van der Waals surface area contributed by atoms with E-state index < -0.39 is 0 Å². The Balaban J connectivity index is 2.05. The fraction of sp³-hybridized carbons (Fsp3) is 0.0968. The van der Waals surface area contributed by atoms with Gasteiger partial charge in [0.15, 0.2) is 0 Å². The third kappa shape index (κ3) is 6.48. The maximum Gasteiger partial charge on any atom is 0.133 e. The fourth-order valence-corrected chi connectivity index (χ4v) is 3.94. The Morgan fingerprint density at radius 2 is 0.944 bits per heavy atom. The van der Waals surface area contributed by atoms with Gasteiger partial charge in [-0.25, -0.2) is 0 Å². The number of aryl methyl sites for hydroxylation is 1. The molecule has 0 amide bonds. The zero-order valence-corrected chi connectivity index (χ0v) is 20.5. The molecular formula is C31H30O5. The van der Waals surface area contributed by atoms with Crippen LogP contribution in [0.15, 0.2) is 113 Å². The lowest BCUT2D eigenvalue weighted by Gasteiger charge is -2.18. The molecule has 3 aromatic carbocycles. The van der Waals surface area contributed by atoms with Crippen LogP contribution in [0.25, 0.3) is 0 Å². The van der Waals surface area contributed by atoms with Gasteiger partial charge in [-0.1, -0.05) is 62.7 Å². The summed E-state index contributed by atoms with van der Waals surface area (Å²) >= 11 is 0. The fourth-order valence-electron chi connectivity index (χ4n) is 3.94. The Hall–Kier alpha value is -4.64. The molecule has 0 atom stereocenters. The first-order valence-corrected chi connectivity index (χ1v) is 11.3. The van der Waals surface area contributed by atoms with Crippen molar-refractivity contribution in [3.05, 3.63) is 141 Å². The van der Waals surface area contributed by atoms with Gasteiger partial charge >= 0.3 is 0 Å². The van der Waals surface area contributed by atoms with Crippen molar-refractivity contribution >= 4 is 0 Å². The average molecular weight is 483 g/mol. The highest BCUT2D eigenvalue weighted by Gasteiger charge is 2.17. The normalized spacial score (nSPS) is 10.0. The second-order valence-electron chi connectivity index (χ2n) is 7.73. The van der Waals surface area contributed by atoms with E-state index in [0.29, 0.717) is 35.8 Å². The van der Waals surface area contributed by atoms with Crippen molar-refractivity contribution in [3.63, 3.8) is 0 Å². The van der Waals surface area contributed by atoms with Crippen molar-refractivity contribution in [2.45, 2.75) is 19.8 Å². The van der Waals surface area contributed by atoms with Crippen LogP contribution < -0.4 is 23.7 Å². The predicted molar refractivity (Wildman–Crippen MR) is 144 cm³/mol. The van der Waals surface area contributed by atoms with Crippen LogP contribution in [0.3, 0.4) is 0 Å². The van der Waals surface area contributed by atoms with Gasteiger partial charge in [0.05, 0.1) is 31.3 Å². The molecule has 0 aromatic heterocycles. The molecule has 0 aliphatic carbocycles. The summed E-state index contributed by atoms with van der Waals surface area (Å²) in [6.07, 6.45) is 8.06. The summed E-state index contributed by atoms with van der Waals surface area (Å²) in [5.74, 6) is 3.24. The van der Waals surface area contributed by atoms with Crippen LogP contribution in [0, 0.1) is 6.92 Å². The monoisotopic (exact) mass is 482 g/mol. The summed E-state index contributed by atoms with van der Waals surface area (Å²) in [5, 5.41) is 0. The largest absolute Gasteiger partial charge is 0.465 e. The molecule has 0 bridgehead atoms. The van der Waals surface area contributed by atoms with E-state index in [1.807, 2.05) is 24.3 Å². The van der Waals surface area contributed by atoms with Gasteiger partial charge < -0.3 is 23.7 Å². The molecule has 0 spiro atoms. The molecular weight excluding hydrogens is 452 g/mol. The number of hydrogen-bond acceptors (Lipinski definition) is 5. The van der Waals surface area contributed by atoms with Gasteiger partial charge in [-0.2, -0.15) is 0 Å². The standard InChI is InChI=1S/C31H30O5/c1-7-32-27-14-12-23(29(20-27)34-9-3)18-25-16-22(6)17-26(31(25)36-11-5)19-24-13-15-28(33-8-2)21-30(24)35-10-4/h7-17,20-21H,1-5,18-19H2,6H3. The lowest BCUT2D eigenvalue weighted by atomic mass is 9.94. The summed E-state index contributed by atoms with van der Waals surface area (Å²) in [6.45, 7) is 20.4. The van der Waals surface area contributed by atoms with Crippen LogP contribution in [0.2, 0.25) is 0 Å². The predicted octanol–water partition coefficient (Wildman–Crippen LogP) is 7.79. The number of hydrogen-bond donors (Lipinski definition) is 0. The minimum Gasteiger partial charge on any atom is -0.465 e. The molecule has 3 aromatic rings. The summed E-state index contributed by atoms with van der Waals surface area (Å²) in [7, 11) is 0. The van der Waals surface area contributed by atoms with Gasteiger partial charge in [-0.3, -0.25) is 0 Å². The number of benzene rings is 3. The average Bonchev–Trinajstić information content (AvgIpc) is 2.85. The van der Waals surface area contributed by atoms with E-state index in [-0.39, 0.29) is 0 Å². The van der Waals surface area contributed by atoms with Gasteiger partial charge in [0, 0.05) is 25.0 Å². The van der Waals surface area contributed by atoms with Crippen molar-refractivity contribution in [2.75, 3.05) is 0 Å². The lowest BCUT2D eigenvalue weighted by molar-refractivity contribution is 0.454. The minimum absolute atomic E-state index is 0.553. The molecule has 0 radical (unpaired) electrons. The van der Waals surface area contributed by atoms with E-state index in [0.717, 1.165) is 33.6 Å². The second-order valence-corrected chi connectivity index (χ2v) is 7.73. The van der Waals surface area contributed by atoms with Crippen molar-refractivity contribution in [2.24, 2.45) is 0 Å². The van der Waals surface area contributed by atoms with Crippen LogP contribution in [-0.2, 0) is 12.8 Å². The second kappa shape index (κ2) is 12.7. The molecule has 5 heteroatoms. The van der Waals surface area contributed by atoms with Crippen LogP contribution in [0.1, 0.15) is 27.8 Å². The molecule has 184 valence electrons. The molecule has 5 nitrogen and oxygen atoms in total. The maximum atomic E-state index is 5.96. The quantitative estimate of drug-likeness (QED) is 0.220. The van der Waals surface area contributed by atoms with Crippen molar-refractivity contribution < 1.29 is 23.7 Å². The zero-order chi connectivity index (χ0) is 25.9. The Kier molecular flexibility index (Phi) is 9.18. The first kappa shape index (κ1) is 26.0. The molecule has 0 aliphatic rings. The van der Waals surface area contributed by atoms with Gasteiger partial charge in [0.25, 0.3) is 0 Å². The molecule has 0 unspecified atom stereocenters. The third-order valence-corrected chi connectivity index (χ3v) is 5.29. The van der Waals surface area contributed by atoms with Gasteiger partial charge in [-0.05, 0) is 41.3 Å². The van der Waals surface area contributed by atoms with Crippen molar-refractivity contribution in [3.8, 4) is 28.7 Å². The molecule has 0 saturated heterocycles. The first-order valence-electron chi connectivity index (χ1n) is 11.3. The lowest BCUT2D eigenvalue weighted by Crippen LogP contribution is -2.02. The zero-order valence-electron chi connectivity index (χ0n) is 20.5. The van der Waals surface area contributed by atoms with E-state index in [4.69, 9.17) is 23.7 Å². The van der Waals surface area contributed by atoms with E-state index in [9.17, 15) is 0 Å². The van der Waals surface area contributed by atoms with Gasteiger partial charge in [0.1, 0.15) is 28.7 Å². The summed E-state index contributed by atoms with van der Waals surface area (Å²) in [6, 6.07) is 15.4. The smallest absolute Gasteiger partial charge is 0.133 e. The van der Waals surface area contributed by atoms with Crippen LogP contribution in [0.5, 0.6) is 28.7 Å². The minimum atomic E-state index is 0.553. The van der Waals surface area contributed by atoms with Crippen LogP contribution >= 0.6 is 0 Å². The highest BCUT2D eigenvalue weighted by atomic mass is 16.5. The Morgan fingerprint density at radius 3 is 1.33 bits per heavy atom. The highest BCUT2D eigenvalue weighted by molar-refractivity contribution is 5.53. The van der Waals surface area contributed by atoms with E-state index in [1.54, 1.807) is 12.1 Å². The molecule has 3 rings (SSSR count). The Labute approximate surface area is 212 Å². The SMILES string of the molecule is C=COc1ccc(Cc2cc(C)cc(Cc3ccc(OC=C)cc3OC=C)c2OC=C)c(OC=C)c1. The van der Waals surface area contributed by atoms with Crippen molar-refractivity contribution in [1.82, 2.24) is 0 Å². The van der Waals surface area contributed by atoms with Gasteiger partial charge in [-0.15, -0.1) is 0 Å². The summed E-state index contributed by atoms with van der Waals surface area (Å²) in [5.41, 5.74) is 4.94. The Morgan fingerprint density at radius 1 is 0.528 bits per heavy atom. The van der Waals surface area contributed by atoms with Gasteiger partial charge in [0.2, 0.25) is 0 Å². The van der Waals surface area contributed by atoms with Crippen LogP contribution in [0.4, 0.5) is 0 Å². The molecule has 36 heavy (non-hydrogen) atoms. The molecule has 0 aliphatic heterocycles. The van der Waals surface area contributed by atoms with E-state index in [1.165, 1.54) is 31.3 Å². The third-order valence-electron chi connectivity index (χ3n) is 5.29. The number of ether oxygens (including phenoxy) is 5. The van der Waals surface area contributed by atoms with E-state index in [2.05, 4.69) is 52.0 Å². The van der Waals surface area contributed by atoms with Crippen molar-refractivity contribution in [1.29, 1.82) is 0 Å². The topological polar surface area (TPSA) is 46.2 Å². The summed E-state index contributed by atoms with van der Waals surface area (Å²) < 4.78 is 28.1. The highest BCUT2D eigenvalue weighted by Crippen LogP contribution is 2.36. The molecule has 0 saturated carbocycles. The molecule has 0 N–H and O–H groups in total.